The van der Waals surface area contributed by atoms with Crippen LogP contribution in [0.1, 0.15) is 11.1 Å². The van der Waals surface area contributed by atoms with Crippen molar-refractivity contribution in [3.63, 3.8) is 0 Å². The molecule has 2 amide bonds. The van der Waals surface area contributed by atoms with Crippen molar-refractivity contribution in [3.8, 4) is 0 Å². The fraction of sp³-hybridized carbons (Fsp3) is 0.385. The monoisotopic (exact) mass is 249 g/mol. The number of anilines is 1. The van der Waals surface area contributed by atoms with E-state index >= 15 is 0 Å². The highest BCUT2D eigenvalue weighted by Crippen LogP contribution is 2.17. The Morgan fingerprint density at radius 1 is 1.33 bits per heavy atom. The van der Waals surface area contributed by atoms with Crippen molar-refractivity contribution in [1.82, 2.24) is 4.90 Å². The number of nitrogens with one attached hydrogen (secondary N) is 1. The smallest absolute Gasteiger partial charge is 0.243 e. The second kappa shape index (κ2) is 6.16. The number of carbonyl (C=O) groups is 2. The number of benzene rings is 1. The molecule has 0 unspecified atom stereocenters. The molecule has 1 aromatic rings. The third kappa shape index (κ3) is 3.56. The molecule has 0 saturated carbocycles. The van der Waals surface area contributed by atoms with Crippen LogP contribution in [0.25, 0.3) is 0 Å². The maximum atomic E-state index is 11.8. The number of carbonyl (C=O) groups excluding carboxylic acids is 2. The highest BCUT2D eigenvalue weighted by molar-refractivity contribution is 5.95. The van der Waals surface area contributed by atoms with Gasteiger partial charge in [-0.25, -0.2) is 0 Å². The standard InChI is InChI=1S/C13H19N3O2/c1-9-5-4-6-11(10(9)2)15-12(17)8-16(3)13(18)7-14/h4-6H,7-8,14H2,1-3H3,(H,15,17). The Morgan fingerprint density at radius 3 is 2.61 bits per heavy atom. The average Bonchev–Trinajstić information content (AvgIpc) is 2.33. The Labute approximate surface area is 107 Å². The van der Waals surface area contributed by atoms with Crippen molar-refractivity contribution in [2.75, 3.05) is 25.5 Å². The summed E-state index contributed by atoms with van der Waals surface area (Å²) in [5.41, 5.74) is 8.13. The lowest BCUT2D eigenvalue weighted by atomic mass is 10.1. The fourth-order valence-corrected chi connectivity index (χ4v) is 1.54. The maximum absolute atomic E-state index is 11.8. The first kappa shape index (κ1) is 14.2. The van der Waals surface area contributed by atoms with Gasteiger partial charge in [-0.3, -0.25) is 9.59 Å². The Morgan fingerprint density at radius 2 is 2.00 bits per heavy atom. The Kier molecular flexibility index (Phi) is 4.85. The quantitative estimate of drug-likeness (QED) is 0.823. The Bertz CT molecular complexity index is 458. The van der Waals surface area contributed by atoms with Crippen LogP contribution in [0.2, 0.25) is 0 Å². The zero-order valence-corrected chi connectivity index (χ0v) is 11.0. The van der Waals surface area contributed by atoms with E-state index in [4.69, 9.17) is 5.73 Å². The van der Waals surface area contributed by atoms with Crippen molar-refractivity contribution >= 4 is 17.5 Å². The van der Waals surface area contributed by atoms with Crippen molar-refractivity contribution in [3.05, 3.63) is 29.3 Å². The Hall–Kier alpha value is -1.88. The summed E-state index contributed by atoms with van der Waals surface area (Å²) in [5.74, 6) is -0.487. The zero-order valence-electron chi connectivity index (χ0n) is 11.0. The number of hydrogen-bond donors (Lipinski definition) is 2. The van der Waals surface area contributed by atoms with E-state index in [2.05, 4.69) is 5.32 Å². The predicted molar refractivity (Wildman–Crippen MR) is 71.2 cm³/mol. The number of rotatable bonds is 4. The maximum Gasteiger partial charge on any atom is 0.243 e. The van der Waals surface area contributed by atoms with E-state index in [0.717, 1.165) is 16.8 Å². The van der Waals surface area contributed by atoms with Gasteiger partial charge in [0.05, 0.1) is 13.1 Å². The molecule has 0 aliphatic heterocycles. The van der Waals surface area contributed by atoms with Crippen LogP contribution in [-0.2, 0) is 9.59 Å². The van der Waals surface area contributed by atoms with E-state index < -0.39 is 0 Å². The number of nitrogens with two attached hydrogens (primary N) is 1. The molecule has 5 heteroatoms. The van der Waals surface area contributed by atoms with E-state index in [1.165, 1.54) is 4.90 Å². The molecule has 0 saturated heterocycles. The fourth-order valence-electron chi connectivity index (χ4n) is 1.54. The average molecular weight is 249 g/mol. The van der Waals surface area contributed by atoms with Crippen molar-refractivity contribution in [2.45, 2.75) is 13.8 Å². The van der Waals surface area contributed by atoms with E-state index in [1.807, 2.05) is 32.0 Å². The van der Waals surface area contributed by atoms with Gasteiger partial charge in [0.25, 0.3) is 0 Å². The number of hydrogen-bond acceptors (Lipinski definition) is 3. The molecule has 0 radical (unpaired) electrons. The molecule has 0 spiro atoms. The second-order valence-electron chi connectivity index (χ2n) is 4.25. The molecular weight excluding hydrogens is 230 g/mol. The molecule has 0 fully saturated rings. The van der Waals surface area contributed by atoms with Gasteiger partial charge in [0, 0.05) is 12.7 Å². The van der Waals surface area contributed by atoms with Crippen LogP contribution in [0.3, 0.4) is 0 Å². The SMILES string of the molecule is Cc1cccc(NC(=O)CN(C)C(=O)CN)c1C. The minimum Gasteiger partial charge on any atom is -0.335 e. The molecule has 0 heterocycles. The van der Waals surface area contributed by atoms with E-state index in [-0.39, 0.29) is 24.9 Å². The highest BCUT2D eigenvalue weighted by Gasteiger charge is 2.12. The van der Waals surface area contributed by atoms with Crippen molar-refractivity contribution in [2.24, 2.45) is 5.73 Å². The summed E-state index contributed by atoms with van der Waals surface area (Å²) in [7, 11) is 1.55. The minimum absolute atomic E-state index is 0.00339. The highest BCUT2D eigenvalue weighted by atomic mass is 16.2. The zero-order chi connectivity index (χ0) is 13.7. The van der Waals surface area contributed by atoms with Gasteiger partial charge in [-0.05, 0) is 31.0 Å². The van der Waals surface area contributed by atoms with E-state index in [1.54, 1.807) is 7.05 Å². The summed E-state index contributed by atoms with van der Waals surface area (Å²) in [4.78, 5) is 24.3. The minimum atomic E-state index is -0.258. The van der Waals surface area contributed by atoms with Gasteiger partial charge in [-0.1, -0.05) is 12.1 Å². The molecule has 0 aliphatic carbocycles. The van der Waals surface area contributed by atoms with Gasteiger partial charge in [-0.2, -0.15) is 0 Å². The molecule has 1 rings (SSSR count). The first-order valence-electron chi connectivity index (χ1n) is 5.75. The predicted octanol–water partition coefficient (Wildman–Crippen LogP) is 0.659. The second-order valence-corrected chi connectivity index (χ2v) is 4.25. The van der Waals surface area contributed by atoms with Crippen LogP contribution in [0.4, 0.5) is 5.69 Å². The topological polar surface area (TPSA) is 75.4 Å². The first-order valence-corrected chi connectivity index (χ1v) is 5.75. The summed E-state index contributed by atoms with van der Waals surface area (Å²) < 4.78 is 0. The van der Waals surface area contributed by atoms with Gasteiger partial charge < -0.3 is 16.0 Å². The van der Waals surface area contributed by atoms with Crippen LogP contribution in [0, 0.1) is 13.8 Å². The van der Waals surface area contributed by atoms with Crippen LogP contribution < -0.4 is 11.1 Å². The molecule has 0 aromatic heterocycles. The number of amides is 2. The lowest BCUT2D eigenvalue weighted by Crippen LogP contribution is -2.38. The summed E-state index contributed by atoms with van der Waals surface area (Å²) in [6.45, 7) is 3.84. The van der Waals surface area contributed by atoms with E-state index in [9.17, 15) is 9.59 Å². The van der Waals surface area contributed by atoms with Gasteiger partial charge in [0.2, 0.25) is 11.8 Å². The summed E-state index contributed by atoms with van der Waals surface area (Å²) in [6.07, 6.45) is 0. The molecule has 0 atom stereocenters. The third-order valence-electron chi connectivity index (χ3n) is 2.86. The largest absolute Gasteiger partial charge is 0.335 e. The molecule has 3 N–H and O–H groups in total. The lowest BCUT2D eigenvalue weighted by Gasteiger charge is -2.16. The van der Waals surface area contributed by atoms with Gasteiger partial charge in [0.15, 0.2) is 0 Å². The van der Waals surface area contributed by atoms with Gasteiger partial charge >= 0.3 is 0 Å². The van der Waals surface area contributed by atoms with E-state index in [0.29, 0.717) is 0 Å². The first-order chi connectivity index (χ1) is 8.45. The lowest BCUT2D eigenvalue weighted by molar-refractivity contribution is -0.132. The normalized spacial score (nSPS) is 10.0. The molecule has 0 bridgehead atoms. The molecule has 98 valence electrons. The third-order valence-corrected chi connectivity index (χ3v) is 2.86. The van der Waals surface area contributed by atoms with Crippen LogP contribution in [-0.4, -0.2) is 36.9 Å². The summed E-state index contributed by atoms with van der Waals surface area (Å²) in [6, 6.07) is 5.70. The van der Waals surface area contributed by atoms with Crippen LogP contribution in [0.5, 0.6) is 0 Å². The van der Waals surface area contributed by atoms with Crippen molar-refractivity contribution < 1.29 is 9.59 Å². The molecular formula is C13H19N3O2. The molecule has 1 aromatic carbocycles. The van der Waals surface area contributed by atoms with Crippen molar-refractivity contribution in [1.29, 1.82) is 0 Å². The number of likely N-dealkylation sites (N-methyl/N-ethyl adjacent to an activating group) is 1. The molecule has 18 heavy (non-hydrogen) atoms. The molecule has 5 nitrogen and oxygen atoms in total. The summed E-state index contributed by atoms with van der Waals surface area (Å²) >= 11 is 0. The van der Waals surface area contributed by atoms with Crippen LogP contribution in [0.15, 0.2) is 18.2 Å². The number of aryl methyl sites for hydroxylation is 1. The number of nitrogens with zero attached hydrogens (tertiary/aromatic N) is 1. The Balaban J connectivity index is 2.65. The van der Waals surface area contributed by atoms with Crippen LogP contribution >= 0.6 is 0 Å². The van der Waals surface area contributed by atoms with Gasteiger partial charge in [-0.15, -0.1) is 0 Å². The molecule has 0 aliphatic rings. The summed E-state index contributed by atoms with van der Waals surface area (Å²) in [5, 5.41) is 2.79. The van der Waals surface area contributed by atoms with Gasteiger partial charge in [0.1, 0.15) is 0 Å².